The fourth-order valence-electron chi connectivity index (χ4n) is 3.33. The minimum Gasteiger partial charge on any atom is -0.367 e. The lowest BCUT2D eigenvalue weighted by Gasteiger charge is -2.41. The largest absolute Gasteiger partial charge is 0.367 e. The van der Waals surface area contributed by atoms with E-state index >= 15 is 0 Å². The van der Waals surface area contributed by atoms with Gasteiger partial charge in [0.25, 0.3) is 0 Å². The molecule has 3 fully saturated rings. The van der Waals surface area contributed by atoms with Crippen LogP contribution in [0.15, 0.2) is 4.52 Å². The second-order valence-electron chi connectivity index (χ2n) is 6.28. The second kappa shape index (κ2) is 4.56. The predicted octanol–water partition coefficient (Wildman–Crippen LogP) is 2.12. The highest BCUT2D eigenvalue weighted by molar-refractivity contribution is 5.07. The molecule has 4 rings (SSSR count). The Morgan fingerprint density at radius 1 is 1.32 bits per heavy atom. The van der Waals surface area contributed by atoms with Crippen molar-refractivity contribution in [2.75, 3.05) is 19.7 Å². The summed E-state index contributed by atoms with van der Waals surface area (Å²) in [6.07, 6.45) is 5.09. The summed E-state index contributed by atoms with van der Waals surface area (Å²) in [5, 5.41) is 4.14. The van der Waals surface area contributed by atoms with E-state index < -0.39 is 0 Å². The summed E-state index contributed by atoms with van der Waals surface area (Å²) in [5.74, 6) is 2.75. The molecule has 0 aromatic carbocycles. The van der Waals surface area contributed by atoms with Crippen molar-refractivity contribution < 1.29 is 9.26 Å². The Morgan fingerprint density at radius 3 is 3.05 bits per heavy atom. The van der Waals surface area contributed by atoms with Crippen LogP contribution in [0.25, 0.3) is 0 Å². The van der Waals surface area contributed by atoms with Crippen LogP contribution < -0.4 is 0 Å². The van der Waals surface area contributed by atoms with Gasteiger partial charge in [0.1, 0.15) is 6.10 Å². The highest BCUT2D eigenvalue weighted by Crippen LogP contribution is 2.46. The molecule has 2 saturated heterocycles. The molecule has 0 amide bonds. The van der Waals surface area contributed by atoms with Crippen LogP contribution in [0.5, 0.6) is 0 Å². The molecule has 5 nitrogen and oxygen atoms in total. The van der Waals surface area contributed by atoms with Crippen molar-refractivity contribution >= 4 is 0 Å². The van der Waals surface area contributed by atoms with E-state index in [1.807, 2.05) is 0 Å². The van der Waals surface area contributed by atoms with E-state index in [0.717, 1.165) is 24.9 Å². The van der Waals surface area contributed by atoms with Crippen LogP contribution in [0, 0.1) is 5.92 Å². The van der Waals surface area contributed by atoms with Gasteiger partial charge in [-0.05, 0) is 31.7 Å². The van der Waals surface area contributed by atoms with Crippen LogP contribution in [0.1, 0.15) is 56.3 Å². The Morgan fingerprint density at radius 2 is 2.21 bits per heavy atom. The lowest BCUT2D eigenvalue weighted by Crippen LogP contribution is -2.49. The van der Waals surface area contributed by atoms with E-state index in [1.165, 1.54) is 32.2 Å². The molecular weight excluding hydrogens is 242 g/mol. The average Bonchev–Trinajstić information content (AvgIpc) is 3.00. The zero-order valence-electron chi connectivity index (χ0n) is 11.4. The third kappa shape index (κ3) is 2.19. The SMILES string of the molecule is C[C@@H]1C[C@@H]1c1nc([C@H]2CN3CCCC[C@@H]3CO2)no1. The Balaban J connectivity index is 1.45. The van der Waals surface area contributed by atoms with Crippen LogP contribution in [0.3, 0.4) is 0 Å². The predicted molar refractivity (Wildman–Crippen MR) is 68.7 cm³/mol. The van der Waals surface area contributed by atoms with Crippen LogP contribution in [-0.2, 0) is 4.74 Å². The topological polar surface area (TPSA) is 51.4 Å². The summed E-state index contributed by atoms with van der Waals surface area (Å²) in [6, 6.07) is 0.611. The number of piperidine rings is 1. The van der Waals surface area contributed by atoms with Gasteiger partial charge in [0, 0.05) is 18.5 Å². The van der Waals surface area contributed by atoms with Crippen molar-refractivity contribution in [2.24, 2.45) is 5.92 Å². The third-order valence-corrected chi connectivity index (χ3v) is 4.81. The molecule has 0 spiro atoms. The first-order valence-corrected chi connectivity index (χ1v) is 7.50. The number of hydrogen-bond donors (Lipinski definition) is 0. The summed E-state index contributed by atoms with van der Waals surface area (Å²) < 4.78 is 11.3. The Kier molecular flexibility index (Phi) is 2.84. The summed E-state index contributed by atoms with van der Waals surface area (Å²) in [5.41, 5.74) is 0. The standard InChI is InChI=1S/C14H21N3O2/c1-9-6-11(9)14-15-13(16-19-14)12-7-17-5-3-2-4-10(17)8-18-12/h9-12H,2-8H2,1H3/t9-,10-,11+,12-/m1/s1. The molecule has 0 N–H and O–H groups in total. The number of fused-ring (bicyclic) bond motifs is 1. The second-order valence-corrected chi connectivity index (χ2v) is 6.28. The number of nitrogens with zero attached hydrogens (tertiary/aromatic N) is 3. The molecule has 0 radical (unpaired) electrons. The van der Waals surface area contributed by atoms with Crippen molar-refractivity contribution in [1.29, 1.82) is 0 Å². The highest BCUT2D eigenvalue weighted by atomic mass is 16.5. The van der Waals surface area contributed by atoms with E-state index in [9.17, 15) is 0 Å². The maximum atomic E-state index is 5.95. The molecule has 3 heterocycles. The first kappa shape index (κ1) is 11.9. The van der Waals surface area contributed by atoms with Gasteiger partial charge in [-0.2, -0.15) is 4.98 Å². The van der Waals surface area contributed by atoms with Crippen LogP contribution in [0.2, 0.25) is 0 Å². The Labute approximate surface area is 113 Å². The molecule has 104 valence electrons. The first-order valence-electron chi connectivity index (χ1n) is 7.50. The van der Waals surface area contributed by atoms with Gasteiger partial charge >= 0.3 is 0 Å². The normalized spacial score (nSPS) is 39.0. The minimum atomic E-state index is 0.000839. The summed E-state index contributed by atoms with van der Waals surface area (Å²) in [7, 11) is 0. The zero-order chi connectivity index (χ0) is 12.8. The van der Waals surface area contributed by atoms with Gasteiger partial charge in [0.05, 0.1) is 6.61 Å². The molecule has 0 unspecified atom stereocenters. The molecule has 2 aliphatic heterocycles. The monoisotopic (exact) mass is 263 g/mol. The van der Waals surface area contributed by atoms with Crippen molar-refractivity contribution in [3.63, 3.8) is 0 Å². The molecular formula is C14H21N3O2. The quantitative estimate of drug-likeness (QED) is 0.818. The molecule has 19 heavy (non-hydrogen) atoms. The lowest BCUT2D eigenvalue weighted by molar-refractivity contribution is -0.0805. The van der Waals surface area contributed by atoms with E-state index in [2.05, 4.69) is 22.0 Å². The molecule has 3 aliphatic rings. The van der Waals surface area contributed by atoms with Gasteiger partial charge < -0.3 is 9.26 Å². The molecule has 1 aliphatic carbocycles. The zero-order valence-corrected chi connectivity index (χ0v) is 11.4. The van der Waals surface area contributed by atoms with Crippen molar-refractivity contribution in [2.45, 2.75) is 50.7 Å². The minimum absolute atomic E-state index is 0.000839. The van der Waals surface area contributed by atoms with Gasteiger partial charge in [0.15, 0.2) is 0 Å². The fourth-order valence-corrected chi connectivity index (χ4v) is 3.33. The summed E-state index contributed by atoms with van der Waals surface area (Å²) in [6.45, 7) is 5.15. The molecule has 4 atom stereocenters. The van der Waals surface area contributed by atoms with Crippen LogP contribution in [-0.4, -0.2) is 40.8 Å². The van der Waals surface area contributed by atoms with Gasteiger partial charge in [-0.3, -0.25) is 4.90 Å². The molecule has 5 heteroatoms. The third-order valence-electron chi connectivity index (χ3n) is 4.81. The average molecular weight is 263 g/mol. The Bertz CT molecular complexity index is 461. The molecule has 1 saturated carbocycles. The van der Waals surface area contributed by atoms with E-state index in [0.29, 0.717) is 17.9 Å². The lowest BCUT2D eigenvalue weighted by atomic mass is 10.0. The maximum Gasteiger partial charge on any atom is 0.230 e. The van der Waals surface area contributed by atoms with Gasteiger partial charge in [-0.15, -0.1) is 0 Å². The van der Waals surface area contributed by atoms with Crippen molar-refractivity contribution in [3.05, 3.63) is 11.7 Å². The van der Waals surface area contributed by atoms with E-state index in [-0.39, 0.29) is 6.10 Å². The van der Waals surface area contributed by atoms with Gasteiger partial charge in [-0.1, -0.05) is 18.5 Å². The fraction of sp³-hybridized carbons (Fsp3) is 0.857. The van der Waals surface area contributed by atoms with E-state index in [4.69, 9.17) is 9.26 Å². The smallest absolute Gasteiger partial charge is 0.230 e. The number of morpholine rings is 1. The summed E-state index contributed by atoms with van der Waals surface area (Å²) in [4.78, 5) is 7.09. The number of ether oxygens (including phenoxy) is 1. The molecule has 1 aromatic rings. The Hall–Kier alpha value is -0.940. The van der Waals surface area contributed by atoms with Gasteiger partial charge in [0.2, 0.25) is 11.7 Å². The molecule has 0 bridgehead atoms. The number of rotatable bonds is 2. The highest BCUT2D eigenvalue weighted by Gasteiger charge is 2.40. The number of aromatic nitrogens is 2. The van der Waals surface area contributed by atoms with Crippen LogP contribution >= 0.6 is 0 Å². The van der Waals surface area contributed by atoms with E-state index in [1.54, 1.807) is 0 Å². The van der Waals surface area contributed by atoms with Crippen molar-refractivity contribution in [3.8, 4) is 0 Å². The van der Waals surface area contributed by atoms with Crippen molar-refractivity contribution in [1.82, 2.24) is 15.0 Å². The maximum absolute atomic E-state index is 5.95. The first-order chi connectivity index (χ1) is 9.31. The molecule has 1 aromatic heterocycles. The van der Waals surface area contributed by atoms with Gasteiger partial charge in [-0.25, -0.2) is 0 Å². The summed E-state index contributed by atoms with van der Waals surface area (Å²) >= 11 is 0. The van der Waals surface area contributed by atoms with Crippen LogP contribution in [0.4, 0.5) is 0 Å². The number of hydrogen-bond acceptors (Lipinski definition) is 5.